The molecule has 1 aliphatic rings. The van der Waals surface area contributed by atoms with Crippen LogP contribution in [-0.2, 0) is 0 Å². The zero-order valence-corrected chi connectivity index (χ0v) is 7.98. The van der Waals surface area contributed by atoms with Gasteiger partial charge in [-0.05, 0) is 25.3 Å². The number of nitriles is 1. The van der Waals surface area contributed by atoms with E-state index in [0.29, 0.717) is 5.56 Å². The first-order valence-electron chi connectivity index (χ1n) is 4.88. The highest BCUT2D eigenvalue weighted by molar-refractivity contribution is 5.52. The minimum absolute atomic E-state index is 0.627. The average Bonchev–Trinajstić information content (AvgIpc) is 2.30. The quantitative estimate of drug-likeness (QED) is 0.667. The van der Waals surface area contributed by atoms with Crippen LogP contribution >= 0.6 is 0 Å². The molecule has 4 heteroatoms. The second kappa shape index (κ2) is 4.05. The fraction of sp³-hybridized carbons (Fsp3) is 0.500. The molecule has 0 bridgehead atoms. The van der Waals surface area contributed by atoms with Crippen LogP contribution in [0.3, 0.4) is 0 Å². The lowest BCUT2D eigenvalue weighted by atomic mass is 10.1. The van der Waals surface area contributed by atoms with Crippen molar-refractivity contribution < 1.29 is 0 Å². The molecule has 4 nitrogen and oxygen atoms in total. The third-order valence-corrected chi connectivity index (χ3v) is 2.48. The molecule has 0 amide bonds. The summed E-state index contributed by atoms with van der Waals surface area (Å²) in [5, 5.41) is 16.8. The molecule has 14 heavy (non-hydrogen) atoms. The van der Waals surface area contributed by atoms with Gasteiger partial charge in [0.25, 0.3) is 0 Å². The Balaban J connectivity index is 2.26. The standard InChI is InChI=1S/C10H12N4/c11-8-9-4-5-12-13-10(9)14-6-2-1-3-7-14/h4-5H,1-3,6-7H2. The molecular weight excluding hydrogens is 176 g/mol. The molecule has 0 saturated carbocycles. The summed E-state index contributed by atoms with van der Waals surface area (Å²) in [5.41, 5.74) is 0.627. The molecule has 2 rings (SSSR count). The van der Waals surface area contributed by atoms with Crippen molar-refractivity contribution in [3.63, 3.8) is 0 Å². The van der Waals surface area contributed by atoms with Crippen molar-refractivity contribution in [2.24, 2.45) is 0 Å². The molecule has 0 unspecified atom stereocenters. The lowest BCUT2D eigenvalue weighted by Crippen LogP contribution is -2.31. The van der Waals surface area contributed by atoms with Crippen molar-refractivity contribution in [1.82, 2.24) is 10.2 Å². The zero-order valence-electron chi connectivity index (χ0n) is 7.98. The van der Waals surface area contributed by atoms with Gasteiger partial charge in [0.05, 0.1) is 11.8 Å². The van der Waals surface area contributed by atoms with E-state index in [2.05, 4.69) is 21.2 Å². The third-order valence-electron chi connectivity index (χ3n) is 2.48. The zero-order chi connectivity index (χ0) is 9.80. The number of aromatic nitrogens is 2. The minimum Gasteiger partial charge on any atom is -0.354 e. The normalized spacial score (nSPS) is 16.4. The van der Waals surface area contributed by atoms with E-state index in [1.165, 1.54) is 19.3 Å². The van der Waals surface area contributed by atoms with Crippen LogP contribution in [0.15, 0.2) is 12.3 Å². The van der Waals surface area contributed by atoms with Gasteiger partial charge in [-0.15, -0.1) is 5.10 Å². The Morgan fingerprint density at radius 2 is 2.07 bits per heavy atom. The molecule has 0 aromatic carbocycles. The summed E-state index contributed by atoms with van der Waals surface area (Å²) in [6, 6.07) is 3.87. The van der Waals surface area contributed by atoms with E-state index in [1.807, 2.05) is 0 Å². The van der Waals surface area contributed by atoms with Crippen molar-refractivity contribution >= 4 is 5.82 Å². The first kappa shape index (κ1) is 8.95. The number of nitrogens with zero attached hydrogens (tertiary/aromatic N) is 4. The van der Waals surface area contributed by atoms with Crippen LogP contribution in [0.25, 0.3) is 0 Å². The van der Waals surface area contributed by atoms with Crippen molar-refractivity contribution in [3.8, 4) is 6.07 Å². The van der Waals surface area contributed by atoms with Gasteiger partial charge in [-0.2, -0.15) is 10.4 Å². The Morgan fingerprint density at radius 1 is 1.29 bits per heavy atom. The summed E-state index contributed by atoms with van der Waals surface area (Å²) in [4.78, 5) is 2.15. The smallest absolute Gasteiger partial charge is 0.169 e. The summed E-state index contributed by atoms with van der Waals surface area (Å²) < 4.78 is 0. The number of hydrogen-bond donors (Lipinski definition) is 0. The van der Waals surface area contributed by atoms with Crippen LogP contribution in [0.4, 0.5) is 5.82 Å². The van der Waals surface area contributed by atoms with E-state index < -0.39 is 0 Å². The summed E-state index contributed by atoms with van der Waals surface area (Å²) >= 11 is 0. The van der Waals surface area contributed by atoms with Gasteiger partial charge in [0.15, 0.2) is 5.82 Å². The molecule has 0 atom stereocenters. The van der Waals surface area contributed by atoms with E-state index >= 15 is 0 Å². The molecule has 1 aromatic heterocycles. The number of piperidine rings is 1. The van der Waals surface area contributed by atoms with Crippen LogP contribution in [-0.4, -0.2) is 23.3 Å². The maximum absolute atomic E-state index is 8.90. The molecule has 72 valence electrons. The Bertz CT molecular complexity index is 349. The van der Waals surface area contributed by atoms with Gasteiger partial charge in [0.1, 0.15) is 6.07 Å². The predicted molar refractivity (Wildman–Crippen MR) is 52.8 cm³/mol. The Morgan fingerprint density at radius 3 is 2.79 bits per heavy atom. The van der Waals surface area contributed by atoms with Crippen molar-refractivity contribution in [2.45, 2.75) is 19.3 Å². The summed E-state index contributed by atoms with van der Waals surface area (Å²) in [5.74, 6) is 0.745. The van der Waals surface area contributed by atoms with Gasteiger partial charge in [-0.25, -0.2) is 0 Å². The minimum atomic E-state index is 0.627. The van der Waals surface area contributed by atoms with Gasteiger partial charge >= 0.3 is 0 Å². The van der Waals surface area contributed by atoms with E-state index in [0.717, 1.165) is 18.9 Å². The molecule has 0 spiro atoms. The van der Waals surface area contributed by atoms with Crippen LogP contribution in [0.2, 0.25) is 0 Å². The number of hydrogen-bond acceptors (Lipinski definition) is 4. The van der Waals surface area contributed by atoms with Gasteiger partial charge in [0, 0.05) is 13.1 Å². The third kappa shape index (κ3) is 1.67. The molecule has 2 heterocycles. The van der Waals surface area contributed by atoms with Gasteiger partial charge in [-0.3, -0.25) is 0 Å². The molecule has 1 fully saturated rings. The van der Waals surface area contributed by atoms with Crippen molar-refractivity contribution in [2.75, 3.05) is 18.0 Å². The summed E-state index contributed by atoms with van der Waals surface area (Å²) in [6.07, 6.45) is 5.20. The van der Waals surface area contributed by atoms with Gasteiger partial charge in [-0.1, -0.05) is 0 Å². The molecule has 0 aliphatic carbocycles. The van der Waals surface area contributed by atoms with Crippen molar-refractivity contribution in [1.29, 1.82) is 5.26 Å². The average molecular weight is 188 g/mol. The van der Waals surface area contributed by atoms with Crippen LogP contribution in [0.1, 0.15) is 24.8 Å². The lowest BCUT2D eigenvalue weighted by molar-refractivity contribution is 0.570. The first-order valence-corrected chi connectivity index (χ1v) is 4.88. The first-order chi connectivity index (χ1) is 6.92. The molecule has 1 aromatic rings. The molecule has 0 radical (unpaired) electrons. The maximum atomic E-state index is 8.90. The van der Waals surface area contributed by atoms with Crippen LogP contribution in [0.5, 0.6) is 0 Å². The summed E-state index contributed by atoms with van der Waals surface area (Å²) in [6.45, 7) is 1.99. The highest BCUT2D eigenvalue weighted by Gasteiger charge is 2.15. The van der Waals surface area contributed by atoms with E-state index in [-0.39, 0.29) is 0 Å². The molecule has 1 aliphatic heterocycles. The second-order valence-corrected chi connectivity index (χ2v) is 3.43. The van der Waals surface area contributed by atoms with Crippen LogP contribution < -0.4 is 4.90 Å². The van der Waals surface area contributed by atoms with Crippen molar-refractivity contribution in [3.05, 3.63) is 17.8 Å². The topological polar surface area (TPSA) is 52.8 Å². The monoisotopic (exact) mass is 188 g/mol. The highest BCUT2D eigenvalue weighted by Crippen LogP contribution is 2.19. The Hall–Kier alpha value is -1.63. The largest absolute Gasteiger partial charge is 0.354 e. The fourth-order valence-electron chi connectivity index (χ4n) is 1.75. The predicted octanol–water partition coefficient (Wildman–Crippen LogP) is 1.34. The van der Waals surface area contributed by atoms with Gasteiger partial charge in [0.2, 0.25) is 0 Å². The Labute approximate surface area is 83.2 Å². The number of anilines is 1. The van der Waals surface area contributed by atoms with Gasteiger partial charge < -0.3 is 4.90 Å². The Kier molecular flexibility index (Phi) is 2.59. The van der Waals surface area contributed by atoms with E-state index in [1.54, 1.807) is 12.3 Å². The lowest BCUT2D eigenvalue weighted by Gasteiger charge is -2.27. The van der Waals surface area contributed by atoms with E-state index in [9.17, 15) is 0 Å². The fourth-order valence-corrected chi connectivity index (χ4v) is 1.75. The van der Waals surface area contributed by atoms with E-state index in [4.69, 9.17) is 5.26 Å². The second-order valence-electron chi connectivity index (χ2n) is 3.43. The molecule has 0 N–H and O–H groups in total. The molecule has 1 saturated heterocycles. The highest BCUT2D eigenvalue weighted by atomic mass is 15.3. The maximum Gasteiger partial charge on any atom is 0.169 e. The number of rotatable bonds is 1. The summed E-state index contributed by atoms with van der Waals surface area (Å²) in [7, 11) is 0. The SMILES string of the molecule is N#Cc1ccnnc1N1CCCCC1. The molecular formula is C10H12N4. The van der Waals surface area contributed by atoms with Crippen LogP contribution in [0, 0.1) is 11.3 Å².